The highest BCUT2D eigenvalue weighted by Crippen LogP contribution is 2.22. The van der Waals surface area contributed by atoms with Crippen molar-refractivity contribution in [2.75, 3.05) is 17.3 Å². The second-order valence-electron chi connectivity index (χ2n) is 3.40. The van der Waals surface area contributed by atoms with E-state index in [9.17, 15) is 4.79 Å². The standard InChI is InChI=1S/C11H12Cl3NO2/c12-1-2-15(11(16)17)10-4-8(6-13)3-9(5-10)7-14/h3-5H,1-2,6-7H2,(H,16,17). The zero-order chi connectivity index (χ0) is 12.8. The molecule has 0 aliphatic carbocycles. The Labute approximate surface area is 115 Å². The maximum Gasteiger partial charge on any atom is 0.411 e. The molecule has 0 aromatic heterocycles. The SMILES string of the molecule is O=C(O)N(CCCl)c1cc(CCl)cc(CCl)c1. The van der Waals surface area contributed by atoms with E-state index in [1.807, 2.05) is 6.07 Å². The van der Waals surface area contributed by atoms with Crippen LogP contribution in [0.25, 0.3) is 0 Å². The van der Waals surface area contributed by atoms with E-state index in [0.717, 1.165) is 11.1 Å². The molecule has 0 saturated heterocycles. The number of nitrogens with zero attached hydrogens (tertiary/aromatic N) is 1. The predicted molar refractivity (Wildman–Crippen MR) is 71.6 cm³/mol. The van der Waals surface area contributed by atoms with Gasteiger partial charge in [-0.2, -0.15) is 0 Å². The fourth-order valence-electron chi connectivity index (χ4n) is 1.47. The molecule has 1 aromatic rings. The van der Waals surface area contributed by atoms with Crippen molar-refractivity contribution >= 4 is 46.6 Å². The van der Waals surface area contributed by atoms with Crippen LogP contribution in [-0.2, 0) is 11.8 Å². The molecule has 0 aliphatic heterocycles. The van der Waals surface area contributed by atoms with Gasteiger partial charge in [0.1, 0.15) is 0 Å². The zero-order valence-corrected chi connectivity index (χ0v) is 11.3. The lowest BCUT2D eigenvalue weighted by Crippen LogP contribution is -2.31. The molecule has 1 rings (SSSR count). The Balaban J connectivity index is 3.12. The lowest BCUT2D eigenvalue weighted by molar-refractivity contribution is 0.202. The molecule has 94 valence electrons. The van der Waals surface area contributed by atoms with Crippen LogP contribution in [0.4, 0.5) is 10.5 Å². The van der Waals surface area contributed by atoms with E-state index in [-0.39, 0.29) is 12.4 Å². The van der Waals surface area contributed by atoms with E-state index in [4.69, 9.17) is 39.9 Å². The number of alkyl halides is 3. The van der Waals surface area contributed by atoms with Crippen molar-refractivity contribution < 1.29 is 9.90 Å². The van der Waals surface area contributed by atoms with Crippen molar-refractivity contribution in [2.24, 2.45) is 0 Å². The second kappa shape index (κ2) is 6.94. The molecule has 17 heavy (non-hydrogen) atoms. The molecule has 0 unspecified atom stereocenters. The van der Waals surface area contributed by atoms with Crippen molar-refractivity contribution in [3.8, 4) is 0 Å². The van der Waals surface area contributed by atoms with Gasteiger partial charge in [-0.25, -0.2) is 4.79 Å². The highest BCUT2D eigenvalue weighted by atomic mass is 35.5. The van der Waals surface area contributed by atoms with Gasteiger partial charge in [-0.15, -0.1) is 34.8 Å². The predicted octanol–water partition coefficient (Wildman–Crippen LogP) is 3.89. The van der Waals surface area contributed by atoms with Crippen LogP contribution in [0, 0.1) is 0 Å². The molecule has 0 aliphatic rings. The smallest absolute Gasteiger partial charge is 0.411 e. The van der Waals surface area contributed by atoms with E-state index in [1.54, 1.807) is 12.1 Å². The molecule has 0 atom stereocenters. The van der Waals surface area contributed by atoms with Crippen LogP contribution in [-0.4, -0.2) is 23.6 Å². The summed E-state index contributed by atoms with van der Waals surface area (Å²) >= 11 is 17.1. The van der Waals surface area contributed by atoms with Crippen molar-refractivity contribution in [3.63, 3.8) is 0 Å². The molecule has 3 nitrogen and oxygen atoms in total. The number of hydrogen-bond acceptors (Lipinski definition) is 1. The molecule has 0 bridgehead atoms. The van der Waals surface area contributed by atoms with E-state index < -0.39 is 6.09 Å². The fourth-order valence-corrected chi connectivity index (χ4v) is 1.95. The Kier molecular flexibility index (Phi) is 5.89. The van der Waals surface area contributed by atoms with Crippen molar-refractivity contribution in [1.82, 2.24) is 0 Å². The number of carboxylic acid groups (broad SMARTS) is 1. The topological polar surface area (TPSA) is 40.5 Å². The van der Waals surface area contributed by atoms with E-state index in [0.29, 0.717) is 17.4 Å². The lowest BCUT2D eigenvalue weighted by atomic mass is 10.1. The molecular formula is C11H12Cl3NO2. The van der Waals surface area contributed by atoms with Gasteiger partial charge in [0, 0.05) is 29.9 Å². The van der Waals surface area contributed by atoms with Crippen LogP contribution >= 0.6 is 34.8 Å². The van der Waals surface area contributed by atoms with Crippen LogP contribution in [0.3, 0.4) is 0 Å². The van der Waals surface area contributed by atoms with Crippen LogP contribution in [0.5, 0.6) is 0 Å². The summed E-state index contributed by atoms with van der Waals surface area (Å²) in [5.74, 6) is 0.853. The summed E-state index contributed by atoms with van der Waals surface area (Å²) in [7, 11) is 0. The number of hydrogen-bond donors (Lipinski definition) is 1. The fraction of sp³-hybridized carbons (Fsp3) is 0.364. The summed E-state index contributed by atoms with van der Waals surface area (Å²) in [6.07, 6.45) is -1.04. The van der Waals surface area contributed by atoms with Gasteiger partial charge in [-0.1, -0.05) is 6.07 Å². The molecule has 1 amide bonds. The molecule has 0 radical (unpaired) electrons. The number of benzene rings is 1. The Hall–Kier alpha value is -0.640. The van der Waals surface area contributed by atoms with Gasteiger partial charge in [-0.05, 0) is 23.3 Å². The van der Waals surface area contributed by atoms with Crippen LogP contribution in [0.15, 0.2) is 18.2 Å². The molecule has 0 heterocycles. The summed E-state index contributed by atoms with van der Waals surface area (Å²) in [6.45, 7) is 0.227. The minimum absolute atomic E-state index is 0.227. The zero-order valence-electron chi connectivity index (χ0n) is 9.00. The number of anilines is 1. The van der Waals surface area contributed by atoms with Gasteiger partial charge >= 0.3 is 6.09 Å². The number of rotatable bonds is 5. The highest BCUT2D eigenvalue weighted by molar-refractivity contribution is 6.18. The van der Waals surface area contributed by atoms with Crippen molar-refractivity contribution in [3.05, 3.63) is 29.3 Å². The Morgan fingerprint density at radius 3 is 2.00 bits per heavy atom. The number of amides is 1. The van der Waals surface area contributed by atoms with Crippen LogP contribution in [0.1, 0.15) is 11.1 Å². The first-order valence-corrected chi connectivity index (χ1v) is 6.54. The largest absolute Gasteiger partial charge is 0.465 e. The summed E-state index contributed by atoms with van der Waals surface area (Å²) in [4.78, 5) is 12.3. The van der Waals surface area contributed by atoms with Crippen LogP contribution < -0.4 is 4.90 Å². The normalized spacial score (nSPS) is 10.3. The van der Waals surface area contributed by atoms with E-state index in [2.05, 4.69) is 0 Å². The third-order valence-electron chi connectivity index (χ3n) is 2.20. The Morgan fingerprint density at radius 1 is 1.12 bits per heavy atom. The number of carbonyl (C=O) groups is 1. The van der Waals surface area contributed by atoms with E-state index in [1.165, 1.54) is 4.90 Å². The number of halogens is 3. The van der Waals surface area contributed by atoms with Crippen molar-refractivity contribution in [2.45, 2.75) is 11.8 Å². The van der Waals surface area contributed by atoms with Crippen LogP contribution in [0.2, 0.25) is 0 Å². The monoisotopic (exact) mass is 295 g/mol. The summed E-state index contributed by atoms with van der Waals surface area (Å²) in [5.41, 5.74) is 2.22. The van der Waals surface area contributed by atoms with E-state index >= 15 is 0 Å². The summed E-state index contributed by atoms with van der Waals surface area (Å²) < 4.78 is 0. The Bertz CT molecular complexity index is 376. The maximum absolute atomic E-state index is 11.1. The molecule has 1 N–H and O–H groups in total. The second-order valence-corrected chi connectivity index (χ2v) is 4.31. The third-order valence-corrected chi connectivity index (χ3v) is 2.98. The highest BCUT2D eigenvalue weighted by Gasteiger charge is 2.14. The van der Waals surface area contributed by atoms with Crippen molar-refractivity contribution in [1.29, 1.82) is 0 Å². The third kappa shape index (κ3) is 3.95. The molecule has 6 heteroatoms. The van der Waals surface area contributed by atoms with Gasteiger partial charge in [0.25, 0.3) is 0 Å². The lowest BCUT2D eigenvalue weighted by Gasteiger charge is -2.19. The van der Waals surface area contributed by atoms with Gasteiger partial charge in [-0.3, -0.25) is 4.90 Å². The van der Waals surface area contributed by atoms with Gasteiger partial charge in [0.2, 0.25) is 0 Å². The summed E-state index contributed by atoms with van der Waals surface area (Å²) in [6, 6.07) is 5.30. The first-order valence-electron chi connectivity index (χ1n) is 4.93. The minimum atomic E-state index is -1.04. The quantitative estimate of drug-likeness (QED) is 0.838. The minimum Gasteiger partial charge on any atom is -0.465 e. The average molecular weight is 297 g/mol. The van der Waals surface area contributed by atoms with Gasteiger partial charge in [0.15, 0.2) is 0 Å². The first kappa shape index (κ1) is 14.4. The van der Waals surface area contributed by atoms with Gasteiger partial charge < -0.3 is 5.11 Å². The molecule has 0 spiro atoms. The maximum atomic E-state index is 11.1. The molecule has 0 fully saturated rings. The first-order chi connectivity index (χ1) is 8.12. The summed E-state index contributed by atoms with van der Waals surface area (Å²) in [5, 5.41) is 9.09. The van der Waals surface area contributed by atoms with Gasteiger partial charge in [0.05, 0.1) is 0 Å². The molecule has 0 saturated carbocycles. The molecule has 1 aromatic carbocycles. The Morgan fingerprint density at radius 2 is 1.65 bits per heavy atom. The molecular weight excluding hydrogens is 284 g/mol. The average Bonchev–Trinajstić information content (AvgIpc) is 2.34.